The Morgan fingerprint density at radius 3 is 2.41 bits per heavy atom. The fourth-order valence-corrected chi connectivity index (χ4v) is 1.22. The van der Waals surface area contributed by atoms with E-state index in [1.54, 1.807) is 31.2 Å². The Bertz CT molecular complexity index is 448. The lowest BCUT2D eigenvalue weighted by Crippen LogP contribution is -2.08. The Hall–Kier alpha value is -2.17. The number of carbonyl (C=O) groups is 1. The first-order valence-corrected chi connectivity index (χ1v) is 5.11. The van der Waals surface area contributed by atoms with Gasteiger partial charge >= 0.3 is 5.97 Å². The summed E-state index contributed by atoms with van der Waals surface area (Å²) in [6, 6.07) is 6.68. The molecule has 1 N–H and O–H groups in total. The van der Waals surface area contributed by atoms with Gasteiger partial charge in [-0.2, -0.15) is 0 Å². The summed E-state index contributed by atoms with van der Waals surface area (Å²) in [5.74, 6) is -1.40. The van der Waals surface area contributed by atoms with Crippen LogP contribution in [0.4, 0.5) is 0 Å². The average Bonchev–Trinajstić information content (AvgIpc) is 2.31. The van der Waals surface area contributed by atoms with Crippen molar-refractivity contribution in [3.63, 3.8) is 0 Å². The molecule has 0 bridgehead atoms. The van der Waals surface area contributed by atoms with Gasteiger partial charge in [-0.05, 0) is 19.0 Å². The predicted molar refractivity (Wildman–Crippen MR) is 63.2 cm³/mol. The van der Waals surface area contributed by atoms with Gasteiger partial charge in [-0.1, -0.05) is 29.8 Å². The molecule has 0 aliphatic carbocycles. The molecular formula is C12H13NO4. The minimum atomic E-state index is -0.930. The van der Waals surface area contributed by atoms with Crippen molar-refractivity contribution in [2.45, 2.75) is 13.8 Å². The normalized spacial score (nSPS) is 11.6. The Morgan fingerprint density at radius 1 is 1.35 bits per heavy atom. The number of rotatable bonds is 4. The number of nitrogens with zero attached hydrogens (tertiary/aromatic N) is 1. The highest BCUT2D eigenvalue weighted by Gasteiger charge is 2.18. The number of nitroso groups, excluding NO2 is 1. The zero-order valence-corrected chi connectivity index (χ0v) is 9.64. The summed E-state index contributed by atoms with van der Waals surface area (Å²) in [5.41, 5.74) is 0.729. The second-order valence-electron chi connectivity index (χ2n) is 3.37. The molecule has 0 amide bonds. The van der Waals surface area contributed by atoms with E-state index in [-0.39, 0.29) is 6.61 Å². The fourth-order valence-electron chi connectivity index (χ4n) is 1.22. The van der Waals surface area contributed by atoms with E-state index in [2.05, 4.69) is 9.91 Å². The van der Waals surface area contributed by atoms with Gasteiger partial charge in [0.05, 0.1) is 6.61 Å². The molecule has 0 radical (unpaired) electrons. The van der Waals surface area contributed by atoms with E-state index in [4.69, 9.17) is 0 Å². The summed E-state index contributed by atoms with van der Waals surface area (Å²) in [4.78, 5) is 21.9. The van der Waals surface area contributed by atoms with Crippen molar-refractivity contribution in [1.82, 2.24) is 0 Å². The van der Waals surface area contributed by atoms with Crippen LogP contribution in [0.15, 0.2) is 35.1 Å². The fraction of sp³-hybridized carbons (Fsp3) is 0.250. The topological polar surface area (TPSA) is 76.0 Å². The zero-order chi connectivity index (χ0) is 12.8. The third-order valence-corrected chi connectivity index (χ3v) is 2.11. The van der Waals surface area contributed by atoms with Gasteiger partial charge < -0.3 is 9.84 Å². The Kier molecular flexibility index (Phi) is 4.39. The monoisotopic (exact) mass is 235 g/mol. The maximum absolute atomic E-state index is 11.3. The van der Waals surface area contributed by atoms with Crippen molar-refractivity contribution in [2.75, 3.05) is 6.61 Å². The SMILES string of the molecule is CCOC(=O)C(N=O)=C(O)c1ccc(C)cc1. The van der Waals surface area contributed by atoms with Crippen LogP contribution < -0.4 is 0 Å². The van der Waals surface area contributed by atoms with Crippen LogP contribution in [0, 0.1) is 11.8 Å². The molecule has 5 nitrogen and oxygen atoms in total. The number of hydrogen-bond donors (Lipinski definition) is 1. The minimum absolute atomic E-state index is 0.110. The van der Waals surface area contributed by atoms with Crippen LogP contribution in [0.25, 0.3) is 5.76 Å². The summed E-state index contributed by atoms with van der Waals surface area (Å²) in [5, 5.41) is 12.3. The third-order valence-electron chi connectivity index (χ3n) is 2.11. The van der Waals surface area contributed by atoms with Crippen LogP contribution in [0.5, 0.6) is 0 Å². The van der Waals surface area contributed by atoms with Crippen molar-refractivity contribution in [3.05, 3.63) is 46.0 Å². The molecule has 0 heterocycles. The van der Waals surface area contributed by atoms with Crippen molar-refractivity contribution >= 4 is 11.7 Å². The summed E-state index contributed by atoms with van der Waals surface area (Å²) in [6.07, 6.45) is 0. The van der Waals surface area contributed by atoms with E-state index in [9.17, 15) is 14.8 Å². The highest BCUT2D eigenvalue weighted by atomic mass is 16.5. The highest BCUT2D eigenvalue weighted by molar-refractivity contribution is 5.95. The van der Waals surface area contributed by atoms with Gasteiger partial charge in [0, 0.05) is 5.56 Å². The van der Waals surface area contributed by atoms with E-state index in [0.717, 1.165) is 5.56 Å². The molecule has 0 saturated carbocycles. The van der Waals surface area contributed by atoms with E-state index in [1.165, 1.54) is 0 Å². The van der Waals surface area contributed by atoms with Gasteiger partial charge in [-0.25, -0.2) is 4.79 Å². The first-order chi connectivity index (χ1) is 8.10. The predicted octanol–water partition coefficient (Wildman–Crippen LogP) is 2.55. The Balaban J connectivity index is 3.12. The van der Waals surface area contributed by atoms with E-state index < -0.39 is 17.4 Å². The number of benzene rings is 1. The first kappa shape index (κ1) is 12.9. The molecule has 0 atom stereocenters. The lowest BCUT2D eigenvalue weighted by molar-refractivity contribution is -0.138. The van der Waals surface area contributed by atoms with Crippen molar-refractivity contribution < 1.29 is 14.6 Å². The van der Waals surface area contributed by atoms with Crippen molar-refractivity contribution in [2.24, 2.45) is 5.18 Å². The molecular weight excluding hydrogens is 222 g/mol. The lowest BCUT2D eigenvalue weighted by Gasteiger charge is -2.04. The number of carbonyl (C=O) groups excluding carboxylic acids is 1. The number of hydrogen-bond acceptors (Lipinski definition) is 5. The molecule has 1 rings (SSSR count). The largest absolute Gasteiger partial charge is 0.505 e. The van der Waals surface area contributed by atoms with E-state index in [1.807, 2.05) is 6.92 Å². The molecule has 0 fully saturated rings. The number of aliphatic hydroxyl groups is 1. The van der Waals surface area contributed by atoms with Crippen molar-refractivity contribution in [3.8, 4) is 0 Å². The van der Waals surface area contributed by atoms with Gasteiger partial charge in [0.1, 0.15) is 0 Å². The quantitative estimate of drug-likeness (QED) is 0.376. The molecule has 1 aromatic carbocycles. The molecule has 0 saturated heterocycles. The standard InChI is InChI=1S/C12H13NO4/c1-3-17-12(15)10(13-16)11(14)9-6-4-8(2)5-7-9/h4-7,14H,3H2,1-2H3. The number of esters is 1. The van der Waals surface area contributed by atoms with E-state index in [0.29, 0.717) is 5.56 Å². The van der Waals surface area contributed by atoms with Crippen molar-refractivity contribution in [1.29, 1.82) is 0 Å². The Morgan fingerprint density at radius 2 is 1.94 bits per heavy atom. The summed E-state index contributed by atoms with van der Waals surface area (Å²) >= 11 is 0. The number of ether oxygens (including phenoxy) is 1. The zero-order valence-electron chi connectivity index (χ0n) is 9.64. The number of aryl methyl sites for hydroxylation is 1. The Labute approximate surface area is 98.7 Å². The van der Waals surface area contributed by atoms with Gasteiger partial charge in [0.2, 0.25) is 5.70 Å². The molecule has 17 heavy (non-hydrogen) atoms. The maximum atomic E-state index is 11.3. The number of aliphatic hydroxyl groups excluding tert-OH is 1. The summed E-state index contributed by atoms with van der Waals surface area (Å²) < 4.78 is 4.61. The smallest absolute Gasteiger partial charge is 0.364 e. The summed E-state index contributed by atoms with van der Waals surface area (Å²) in [6.45, 7) is 3.59. The maximum Gasteiger partial charge on any atom is 0.364 e. The first-order valence-electron chi connectivity index (χ1n) is 5.11. The van der Waals surface area contributed by atoms with Crippen LogP contribution in [0.3, 0.4) is 0 Å². The molecule has 90 valence electrons. The molecule has 1 aromatic rings. The molecule has 5 heteroatoms. The van der Waals surface area contributed by atoms with Crippen LogP contribution in [-0.4, -0.2) is 17.7 Å². The van der Waals surface area contributed by atoms with Crippen LogP contribution in [0.2, 0.25) is 0 Å². The third kappa shape index (κ3) is 3.14. The molecule has 0 aliphatic rings. The van der Waals surface area contributed by atoms with Gasteiger partial charge in [0.15, 0.2) is 5.76 Å². The van der Waals surface area contributed by atoms with Gasteiger partial charge in [-0.15, -0.1) is 4.91 Å². The molecule has 0 unspecified atom stereocenters. The summed E-state index contributed by atoms with van der Waals surface area (Å²) in [7, 11) is 0. The molecule has 0 aromatic heterocycles. The lowest BCUT2D eigenvalue weighted by atomic mass is 10.1. The van der Waals surface area contributed by atoms with Gasteiger partial charge in [-0.3, -0.25) is 0 Å². The molecule has 0 aliphatic heterocycles. The van der Waals surface area contributed by atoms with E-state index >= 15 is 0 Å². The van der Waals surface area contributed by atoms with Crippen LogP contribution in [-0.2, 0) is 9.53 Å². The minimum Gasteiger partial charge on any atom is -0.505 e. The second kappa shape index (κ2) is 5.79. The van der Waals surface area contributed by atoms with Crippen LogP contribution in [0.1, 0.15) is 18.1 Å². The molecule has 0 spiro atoms. The second-order valence-corrected chi connectivity index (χ2v) is 3.37. The van der Waals surface area contributed by atoms with Crippen LogP contribution >= 0.6 is 0 Å². The highest BCUT2D eigenvalue weighted by Crippen LogP contribution is 2.18. The van der Waals surface area contributed by atoms with Gasteiger partial charge in [0.25, 0.3) is 0 Å². The average molecular weight is 235 g/mol.